The fourth-order valence-electron chi connectivity index (χ4n) is 6.92. The summed E-state index contributed by atoms with van der Waals surface area (Å²) < 4.78 is 44.8. The Kier molecular flexibility index (Phi) is 16.3. The van der Waals surface area contributed by atoms with Gasteiger partial charge in [-0.15, -0.1) is 0 Å². The highest BCUT2D eigenvalue weighted by atomic mass is 28.4. The maximum absolute atomic E-state index is 13.4. The van der Waals surface area contributed by atoms with Gasteiger partial charge >= 0.3 is 11.4 Å². The minimum atomic E-state index is -2.55. The van der Waals surface area contributed by atoms with Crippen molar-refractivity contribution in [1.82, 2.24) is 24.2 Å². The molecule has 4 heterocycles. The predicted octanol–water partition coefficient (Wildman–Crippen LogP) is 7.77. The average molecular weight is 971 g/mol. The average Bonchev–Trinajstić information content (AvgIpc) is 3.59. The molecule has 2 aromatic rings. The van der Waals surface area contributed by atoms with Crippen LogP contribution in [0.3, 0.4) is 0 Å². The Morgan fingerprint density at radius 2 is 0.969 bits per heavy atom. The second-order valence-electron chi connectivity index (χ2n) is 24.1. The van der Waals surface area contributed by atoms with Crippen LogP contribution in [0.2, 0.25) is 72.5 Å². The number of aromatic nitrogens is 4. The van der Waals surface area contributed by atoms with Gasteiger partial charge in [0, 0.05) is 37.0 Å². The Morgan fingerprint density at radius 1 is 0.594 bits per heavy atom. The summed E-state index contributed by atoms with van der Waals surface area (Å²) in [6, 6.07) is 2.59. The van der Waals surface area contributed by atoms with Crippen LogP contribution in [0.4, 0.5) is 0 Å². The third-order valence-corrected chi connectivity index (χ3v) is 33.2. The molecule has 2 fully saturated rings. The van der Waals surface area contributed by atoms with E-state index in [1.54, 1.807) is 0 Å². The molecule has 2 saturated heterocycles. The molecular weight excluding hydrogens is 887 g/mol. The fraction of sp³-hybridized carbons (Fsp3) is 0.818. The largest absolute Gasteiger partial charge is 0.414 e. The summed E-state index contributed by atoms with van der Waals surface area (Å²) >= 11 is 0. The van der Waals surface area contributed by atoms with Gasteiger partial charge in [0.15, 0.2) is 45.7 Å². The van der Waals surface area contributed by atoms with Gasteiger partial charge in [0.2, 0.25) is 0 Å². The number of nitrogens with zero attached hydrogens (tertiary/aromatic N) is 3. The number of aromatic amines is 2. The van der Waals surface area contributed by atoms with Crippen molar-refractivity contribution in [3.8, 4) is 0 Å². The first-order valence-electron chi connectivity index (χ1n) is 22.9. The molecular formula is C44H83N5O11Si4. The highest BCUT2D eigenvalue weighted by Crippen LogP contribution is 2.48. The Balaban J connectivity index is 1.78. The number of hydroxylamine groups is 2. The smallest absolute Gasteiger partial charge is 0.330 e. The number of ether oxygens (including phenoxy) is 2. The van der Waals surface area contributed by atoms with E-state index in [2.05, 4.69) is 145 Å². The second kappa shape index (κ2) is 19.1. The Labute approximate surface area is 385 Å². The Bertz CT molecular complexity index is 2140. The highest BCUT2D eigenvalue weighted by Gasteiger charge is 2.56. The summed E-state index contributed by atoms with van der Waals surface area (Å²) in [5, 5.41) is 12.6. The van der Waals surface area contributed by atoms with Crippen molar-refractivity contribution in [3.05, 3.63) is 66.2 Å². The van der Waals surface area contributed by atoms with Crippen LogP contribution in [0, 0.1) is 5.92 Å². The van der Waals surface area contributed by atoms with Crippen molar-refractivity contribution in [2.75, 3.05) is 19.7 Å². The number of hydrogen-bond acceptors (Lipinski definition) is 12. The fourth-order valence-corrected chi connectivity index (χ4v) is 11.9. The van der Waals surface area contributed by atoms with E-state index in [4.69, 9.17) is 27.2 Å². The van der Waals surface area contributed by atoms with E-state index in [9.17, 15) is 24.4 Å². The lowest BCUT2D eigenvalue weighted by atomic mass is 9.94. The molecule has 4 rings (SSSR count). The lowest BCUT2D eigenvalue weighted by Gasteiger charge is -2.44. The van der Waals surface area contributed by atoms with Crippen molar-refractivity contribution in [1.29, 1.82) is 0 Å². The van der Waals surface area contributed by atoms with Gasteiger partial charge in [0.1, 0.15) is 18.3 Å². The van der Waals surface area contributed by atoms with Gasteiger partial charge in [0.25, 0.3) is 11.1 Å². The molecule has 0 aliphatic carbocycles. The van der Waals surface area contributed by atoms with Crippen molar-refractivity contribution < 1.29 is 32.4 Å². The molecule has 20 heteroatoms. The van der Waals surface area contributed by atoms with Gasteiger partial charge in [-0.1, -0.05) is 83.1 Å². The molecule has 0 aromatic carbocycles. The van der Waals surface area contributed by atoms with Crippen molar-refractivity contribution in [3.63, 3.8) is 0 Å². The van der Waals surface area contributed by atoms with E-state index < -0.39 is 98.7 Å². The molecule has 0 saturated carbocycles. The van der Waals surface area contributed by atoms with Crippen LogP contribution >= 0.6 is 0 Å². The molecule has 0 bridgehead atoms. The normalized spacial score (nSPS) is 25.7. The van der Waals surface area contributed by atoms with Gasteiger partial charge < -0.3 is 32.4 Å². The molecule has 8 atom stereocenters. The lowest BCUT2D eigenvalue weighted by Crippen LogP contribution is -2.55. The van der Waals surface area contributed by atoms with Crippen molar-refractivity contribution in [2.45, 2.75) is 205 Å². The zero-order valence-electron chi connectivity index (χ0n) is 42.6. The van der Waals surface area contributed by atoms with Gasteiger partial charge in [-0.05, 0) is 78.9 Å². The second-order valence-corrected chi connectivity index (χ2v) is 43.2. The quantitative estimate of drug-likeness (QED) is 0.110. The molecule has 16 nitrogen and oxygen atoms in total. The first-order chi connectivity index (χ1) is 28.8. The number of H-pyrrole nitrogens is 2. The summed E-state index contributed by atoms with van der Waals surface area (Å²) in [5.74, 6) is -0.358. The first-order valence-corrected chi connectivity index (χ1v) is 34.5. The topological polar surface area (TPSA) is 189 Å². The number of nitrogens with one attached hydrogen (secondary N) is 2. The van der Waals surface area contributed by atoms with Crippen molar-refractivity contribution >= 4 is 33.3 Å². The van der Waals surface area contributed by atoms with Crippen LogP contribution in [-0.4, -0.2) is 113 Å². The molecule has 64 heavy (non-hydrogen) atoms. The molecule has 2 aromatic heterocycles. The summed E-state index contributed by atoms with van der Waals surface area (Å²) in [7, 11) is -9.89. The number of rotatable bonds is 16. The monoisotopic (exact) mass is 970 g/mol. The SMILES string of the molecule is CC(C)(C)[Si](C)(C)OCC1OC(n2ccc(=O)[nH]c2=O)C(O[Si](C)(C)C(C)(C)C)C1CCN(O)CC1OC(n2ccc(=O)[nH]c2=O)C(O[Si](C)(C)C(C)(C)C)C1O[Si](C)(C)C(C)(C)C. The van der Waals surface area contributed by atoms with Gasteiger partial charge in [-0.2, -0.15) is 5.06 Å². The van der Waals surface area contributed by atoms with E-state index >= 15 is 0 Å². The van der Waals surface area contributed by atoms with E-state index in [0.29, 0.717) is 6.42 Å². The highest BCUT2D eigenvalue weighted by molar-refractivity contribution is 6.75. The van der Waals surface area contributed by atoms with Crippen LogP contribution in [0.5, 0.6) is 0 Å². The predicted molar refractivity (Wildman–Crippen MR) is 261 cm³/mol. The van der Waals surface area contributed by atoms with E-state index in [0.717, 1.165) is 0 Å². The van der Waals surface area contributed by atoms with Gasteiger partial charge in [0.05, 0.1) is 25.4 Å². The minimum absolute atomic E-state index is 0.000531. The molecule has 366 valence electrons. The van der Waals surface area contributed by atoms with E-state index in [1.165, 1.54) is 38.7 Å². The molecule has 0 radical (unpaired) electrons. The van der Waals surface area contributed by atoms with E-state index in [-0.39, 0.29) is 45.8 Å². The summed E-state index contributed by atoms with van der Waals surface area (Å²) in [4.78, 5) is 56.1. The van der Waals surface area contributed by atoms with Crippen LogP contribution in [-0.2, 0) is 27.2 Å². The summed E-state index contributed by atoms with van der Waals surface area (Å²) in [6.07, 6.45) is -1.97. The molecule has 2 aliphatic rings. The first kappa shape index (κ1) is 54.5. The third-order valence-electron chi connectivity index (χ3n) is 15.3. The van der Waals surface area contributed by atoms with Crippen LogP contribution in [0.25, 0.3) is 0 Å². The van der Waals surface area contributed by atoms with Crippen LogP contribution < -0.4 is 22.5 Å². The standard InChI is InChI=1S/C44H83N5O11Si4/c1-41(2,3)61(13,14)55-28-31-29(34(58-62(15,16)42(4,5)6)37(57-31)48-25-22-32(50)45-39(48)52)21-24-47(54)27-30-35(59-63(17,18)43(7,8)9)36(60-64(19,20)44(10,11)12)38(56-30)49-26-23-33(51)46-40(49)53/h22-23,25-26,29-31,34-38,54H,21,24,27-28H2,1-20H3,(H,45,50,52)(H,46,51,53). The summed E-state index contributed by atoms with van der Waals surface area (Å²) in [6.45, 7) is 43.5. The van der Waals surface area contributed by atoms with Crippen LogP contribution in [0.15, 0.2) is 43.7 Å². The number of hydrogen-bond donors (Lipinski definition) is 3. The lowest BCUT2D eigenvalue weighted by molar-refractivity contribution is -0.139. The zero-order chi connectivity index (χ0) is 49.0. The van der Waals surface area contributed by atoms with Gasteiger partial charge in [-0.3, -0.25) is 28.7 Å². The molecule has 0 spiro atoms. The van der Waals surface area contributed by atoms with Crippen LogP contribution in [0.1, 0.15) is 102 Å². The molecule has 0 amide bonds. The maximum atomic E-state index is 13.4. The van der Waals surface area contributed by atoms with Gasteiger partial charge in [-0.25, -0.2) is 9.59 Å². The Morgan fingerprint density at radius 3 is 1.38 bits per heavy atom. The minimum Gasteiger partial charge on any atom is -0.414 e. The third kappa shape index (κ3) is 12.3. The molecule has 3 N–H and O–H groups in total. The van der Waals surface area contributed by atoms with E-state index in [1.807, 2.05) is 0 Å². The molecule has 8 unspecified atom stereocenters. The zero-order valence-corrected chi connectivity index (χ0v) is 46.6. The Hall–Kier alpha value is -2.09. The maximum Gasteiger partial charge on any atom is 0.330 e. The molecule has 2 aliphatic heterocycles. The summed E-state index contributed by atoms with van der Waals surface area (Å²) in [5.41, 5.74) is -2.28. The van der Waals surface area contributed by atoms with Crippen molar-refractivity contribution in [2.24, 2.45) is 5.92 Å².